The molecular formula is C30H22N2O8. The third kappa shape index (κ3) is 3.38. The highest BCUT2D eigenvalue weighted by Gasteiger charge is 2.60. The van der Waals surface area contributed by atoms with Crippen molar-refractivity contribution < 1.29 is 33.5 Å². The monoisotopic (exact) mass is 538 g/mol. The van der Waals surface area contributed by atoms with E-state index in [9.17, 15) is 24.5 Å². The second kappa shape index (κ2) is 8.51. The number of hydrogen-bond donors (Lipinski definition) is 0. The maximum absolute atomic E-state index is 14.1. The van der Waals surface area contributed by atoms with Gasteiger partial charge in [-0.25, -0.2) is 4.90 Å². The molecule has 0 unspecified atom stereocenters. The predicted octanol–water partition coefficient (Wildman–Crippen LogP) is 4.46. The number of benzene rings is 3. The molecule has 3 heterocycles. The summed E-state index contributed by atoms with van der Waals surface area (Å²) < 4.78 is 16.8. The zero-order valence-corrected chi connectivity index (χ0v) is 21.5. The standard InChI is InChI=1S/C30H22N2O8/c1-14-3-6-18-20-12-19(16-4-8-22-24(11-16)39-13-38-22)25-27(26(20)30(35)40-23(18)9-14)29(34)31(28(25)33)21-7-5-17(32(36)37)10-15(21)2/h3-12,19,25-27H,13H2,1-2H3/t19-,25+,26-,27+/m1/s1. The summed E-state index contributed by atoms with van der Waals surface area (Å²) >= 11 is 0. The van der Waals surface area contributed by atoms with E-state index in [1.54, 1.807) is 25.1 Å². The van der Waals surface area contributed by atoms with Gasteiger partial charge in [0.05, 0.1) is 28.4 Å². The molecule has 0 bridgehead atoms. The molecule has 4 aliphatic rings. The first-order chi connectivity index (χ1) is 19.2. The van der Waals surface area contributed by atoms with E-state index in [1.807, 2.05) is 31.2 Å². The van der Waals surface area contributed by atoms with E-state index in [1.165, 1.54) is 18.2 Å². The molecule has 10 nitrogen and oxygen atoms in total. The number of ether oxygens (including phenoxy) is 3. The molecule has 1 fully saturated rings. The average Bonchev–Trinajstić information content (AvgIpc) is 3.50. The molecule has 200 valence electrons. The summed E-state index contributed by atoms with van der Waals surface area (Å²) in [7, 11) is 0. The van der Waals surface area contributed by atoms with E-state index in [4.69, 9.17) is 14.2 Å². The van der Waals surface area contributed by atoms with Crippen LogP contribution >= 0.6 is 0 Å². The van der Waals surface area contributed by atoms with E-state index >= 15 is 0 Å². The van der Waals surface area contributed by atoms with Crippen molar-refractivity contribution in [3.05, 3.63) is 93.0 Å². The van der Waals surface area contributed by atoms with Gasteiger partial charge in [0.25, 0.3) is 5.69 Å². The van der Waals surface area contributed by atoms with Crippen LogP contribution in [0.5, 0.6) is 17.2 Å². The molecular weight excluding hydrogens is 516 g/mol. The summed E-state index contributed by atoms with van der Waals surface area (Å²) in [5.41, 5.74) is 3.49. The van der Waals surface area contributed by atoms with Gasteiger partial charge in [-0.2, -0.15) is 0 Å². The molecule has 3 aliphatic heterocycles. The van der Waals surface area contributed by atoms with Crippen LogP contribution in [-0.4, -0.2) is 29.5 Å². The zero-order chi connectivity index (χ0) is 27.9. The largest absolute Gasteiger partial charge is 0.454 e. The number of anilines is 1. The number of non-ortho nitro benzene ring substituents is 1. The van der Waals surface area contributed by atoms with Crippen LogP contribution in [-0.2, 0) is 14.4 Å². The number of aryl methyl sites for hydroxylation is 2. The van der Waals surface area contributed by atoms with Crippen molar-refractivity contribution in [1.82, 2.24) is 0 Å². The van der Waals surface area contributed by atoms with Crippen LogP contribution in [0.25, 0.3) is 5.57 Å². The molecule has 10 heteroatoms. The normalized spacial score (nSPS) is 24.2. The maximum Gasteiger partial charge on any atom is 0.319 e. The lowest BCUT2D eigenvalue weighted by Gasteiger charge is -2.38. The fraction of sp³-hybridized carbons (Fsp3) is 0.233. The van der Waals surface area contributed by atoms with Crippen LogP contribution < -0.4 is 19.1 Å². The fourth-order valence-electron chi connectivity index (χ4n) is 6.36. The van der Waals surface area contributed by atoms with Gasteiger partial charge in [0, 0.05) is 23.6 Å². The molecule has 4 atom stereocenters. The highest BCUT2D eigenvalue weighted by Crippen LogP contribution is 2.55. The van der Waals surface area contributed by atoms with Crippen molar-refractivity contribution in [3.8, 4) is 17.2 Å². The van der Waals surface area contributed by atoms with Gasteiger partial charge in [0.1, 0.15) is 5.75 Å². The number of fused-ring (bicyclic) bond motifs is 6. The first-order valence-corrected chi connectivity index (χ1v) is 12.8. The number of rotatable bonds is 3. The number of nitro benzene ring substituents is 1. The van der Waals surface area contributed by atoms with Crippen LogP contribution in [0.2, 0.25) is 0 Å². The fourth-order valence-corrected chi connectivity index (χ4v) is 6.36. The quantitative estimate of drug-likeness (QED) is 0.157. The number of hydrogen-bond acceptors (Lipinski definition) is 8. The van der Waals surface area contributed by atoms with Gasteiger partial charge in [0.2, 0.25) is 18.6 Å². The van der Waals surface area contributed by atoms with Crippen LogP contribution in [0, 0.1) is 41.7 Å². The number of amides is 2. The molecule has 0 radical (unpaired) electrons. The van der Waals surface area contributed by atoms with Gasteiger partial charge in [-0.3, -0.25) is 24.5 Å². The second-order valence-electron chi connectivity index (χ2n) is 10.5. The van der Waals surface area contributed by atoms with E-state index < -0.39 is 46.4 Å². The molecule has 1 aliphatic carbocycles. The summed E-state index contributed by atoms with van der Waals surface area (Å²) in [6, 6.07) is 14.9. The summed E-state index contributed by atoms with van der Waals surface area (Å²) in [5.74, 6) is -3.56. The molecule has 3 aromatic rings. The van der Waals surface area contributed by atoms with Gasteiger partial charge >= 0.3 is 5.97 Å². The Kier molecular flexibility index (Phi) is 5.12. The Labute approximate surface area is 227 Å². The molecule has 0 spiro atoms. The minimum Gasteiger partial charge on any atom is -0.454 e. The number of nitrogens with zero attached hydrogens (tertiary/aromatic N) is 2. The first kappa shape index (κ1) is 24.1. The molecule has 7 rings (SSSR count). The molecule has 0 N–H and O–H groups in total. The Bertz CT molecular complexity index is 1710. The molecule has 2 amide bonds. The summed E-state index contributed by atoms with van der Waals surface area (Å²) in [5, 5.41) is 11.3. The van der Waals surface area contributed by atoms with E-state index in [2.05, 4.69) is 0 Å². The average molecular weight is 539 g/mol. The molecule has 40 heavy (non-hydrogen) atoms. The summed E-state index contributed by atoms with van der Waals surface area (Å²) in [6.07, 6.45) is 1.90. The van der Waals surface area contributed by atoms with Crippen LogP contribution in [0.1, 0.15) is 28.2 Å². The van der Waals surface area contributed by atoms with E-state index in [0.29, 0.717) is 33.9 Å². The lowest BCUT2D eigenvalue weighted by molar-refractivity contribution is -0.384. The van der Waals surface area contributed by atoms with Crippen molar-refractivity contribution in [3.63, 3.8) is 0 Å². The molecule has 0 aromatic heterocycles. The third-order valence-corrected chi connectivity index (χ3v) is 8.16. The van der Waals surface area contributed by atoms with E-state index in [0.717, 1.165) is 16.0 Å². The highest BCUT2D eigenvalue weighted by atomic mass is 16.7. The highest BCUT2D eigenvalue weighted by molar-refractivity contribution is 6.25. The Hall–Kier alpha value is -4.99. The Balaban J connectivity index is 1.41. The number of allylic oxidation sites excluding steroid dienone is 1. The minimum absolute atomic E-state index is 0.0852. The lowest BCUT2D eigenvalue weighted by atomic mass is 9.64. The Morgan fingerprint density at radius 3 is 2.42 bits per heavy atom. The van der Waals surface area contributed by atoms with E-state index in [-0.39, 0.29) is 18.2 Å². The Morgan fingerprint density at radius 2 is 1.65 bits per heavy atom. The number of esters is 1. The molecule has 3 aromatic carbocycles. The summed E-state index contributed by atoms with van der Waals surface area (Å²) in [4.78, 5) is 53.6. The van der Waals surface area contributed by atoms with Crippen LogP contribution in [0.4, 0.5) is 11.4 Å². The van der Waals surface area contributed by atoms with Crippen molar-refractivity contribution >= 4 is 34.7 Å². The topological polar surface area (TPSA) is 125 Å². The number of carbonyl (C=O) groups excluding carboxylic acids is 3. The minimum atomic E-state index is -1.03. The van der Waals surface area contributed by atoms with Crippen LogP contribution in [0.15, 0.2) is 60.7 Å². The van der Waals surface area contributed by atoms with Gasteiger partial charge in [-0.15, -0.1) is 0 Å². The number of carbonyl (C=O) groups is 3. The third-order valence-electron chi connectivity index (χ3n) is 8.16. The zero-order valence-electron chi connectivity index (χ0n) is 21.5. The maximum atomic E-state index is 14.1. The van der Waals surface area contributed by atoms with Crippen molar-refractivity contribution in [2.45, 2.75) is 19.8 Å². The Morgan fingerprint density at radius 1 is 0.875 bits per heavy atom. The van der Waals surface area contributed by atoms with Crippen molar-refractivity contribution in [2.75, 3.05) is 11.7 Å². The van der Waals surface area contributed by atoms with Crippen LogP contribution in [0.3, 0.4) is 0 Å². The second-order valence-corrected chi connectivity index (χ2v) is 10.5. The van der Waals surface area contributed by atoms with Gasteiger partial charge in [0.15, 0.2) is 11.5 Å². The smallest absolute Gasteiger partial charge is 0.319 e. The molecule has 0 saturated carbocycles. The predicted molar refractivity (Wildman–Crippen MR) is 141 cm³/mol. The SMILES string of the molecule is Cc1ccc2c(c1)OC(=O)[C@@H]1C2=C[C@H](c2ccc3c(c2)OCO3)[C@@H]2C(=O)N(c3ccc([N+](=O)[O-])cc3C)C(=O)[C@H]12. The number of nitro groups is 1. The summed E-state index contributed by atoms with van der Waals surface area (Å²) in [6.45, 7) is 3.59. The van der Waals surface area contributed by atoms with Crippen molar-refractivity contribution in [2.24, 2.45) is 17.8 Å². The molecule has 1 saturated heterocycles. The first-order valence-electron chi connectivity index (χ1n) is 12.8. The van der Waals surface area contributed by atoms with Gasteiger partial charge in [-0.1, -0.05) is 24.3 Å². The van der Waals surface area contributed by atoms with Gasteiger partial charge < -0.3 is 14.2 Å². The lowest BCUT2D eigenvalue weighted by Crippen LogP contribution is -2.42. The van der Waals surface area contributed by atoms with Gasteiger partial charge in [-0.05, 0) is 60.4 Å². The van der Waals surface area contributed by atoms with Crippen molar-refractivity contribution in [1.29, 1.82) is 0 Å². The number of imide groups is 1.